The highest BCUT2D eigenvalue weighted by Crippen LogP contribution is 2.33. The van der Waals surface area contributed by atoms with E-state index in [0.29, 0.717) is 0 Å². The van der Waals surface area contributed by atoms with Crippen LogP contribution in [0.4, 0.5) is 0 Å². The SMILES string of the molecule is CN1CCN(Cc2ccc3cncc(-c4cc5ccccc5o4)c3c2)CC1. The van der Waals surface area contributed by atoms with Crippen molar-refractivity contribution in [2.75, 3.05) is 33.2 Å². The third-order valence-electron chi connectivity index (χ3n) is 5.52. The molecule has 4 aromatic rings. The standard InChI is InChI=1S/C23H23N3O/c1-25-8-10-26(11-9-25)16-17-6-7-19-14-24-15-21(20(19)12-17)23-13-18-4-2-3-5-22(18)27-23/h2-7,12-15H,8-11,16H2,1H3. The second-order valence-electron chi connectivity index (χ2n) is 7.47. The lowest BCUT2D eigenvalue weighted by atomic mass is 10.0. The number of benzene rings is 2. The number of rotatable bonds is 3. The molecule has 0 radical (unpaired) electrons. The number of para-hydroxylation sites is 1. The molecule has 0 saturated carbocycles. The number of fused-ring (bicyclic) bond motifs is 2. The highest BCUT2D eigenvalue weighted by molar-refractivity contribution is 5.97. The van der Waals surface area contributed by atoms with E-state index in [1.165, 1.54) is 10.9 Å². The van der Waals surface area contributed by atoms with Crippen LogP contribution in [0.25, 0.3) is 33.1 Å². The van der Waals surface area contributed by atoms with E-state index in [4.69, 9.17) is 4.42 Å². The second kappa shape index (κ2) is 6.80. The Hall–Kier alpha value is -2.69. The van der Waals surface area contributed by atoms with Crippen molar-refractivity contribution in [1.82, 2.24) is 14.8 Å². The molecule has 136 valence electrons. The zero-order valence-electron chi connectivity index (χ0n) is 15.6. The molecule has 2 aromatic heterocycles. The number of hydrogen-bond acceptors (Lipinski definition) is 4. The number of aromatic nitrogens is 1. The van der Waals surface area contributed by atoms with Gasteiger partial charge in [0.15, 0.2) is 0 Å². The molecule has 0 N–H and O–H groups in total. The van der Waals surface area contributed by atoms with Crippen molar-refractivity contribution in [3.8, 4) is 11.3 Å². The van der Waals surface area contributed by atoms with E-state index < -0.39 is 0 Å². The molecular weight excluding hydrogens is 334 g/mol. The van der Waals surface area contributed by atoms with Gasteiger partial charge in [-0.3, -0.25) is 9.88 Å². The van der Waals surface area contributed by atoms with E-state index in [2.05, 4.69) is 52.2 Å². The van der Waals surface area contributed by atoms with Crippen molar-refractivity contribution in [3.05, 3.63) is 66.5 Å². The molecule has 1 saturated heterocycles. The van der Waals surface area contributed by atoms with Gasteiger partial charge < -0.3 is 9.32 Å². The van der Waals surface area contributed by atoms with Gasteiger partial charge >= 0.3 is 0 Å². The molecule has 3 heterocycles. The number of hydrogen-bond donors (Lipinski definition) is 0. The Labute approximate surface area is 159 Å². The van der Waals surface area contributed by atoms with Crippen LogP contribution < -0.4 is 0 Å². The van der Waals surface area contributed by atoms with Gasteiger partial charge in [0, 0.05) is 61.5 Å². The molecule has 1 aliphatic heterocycles. The lowest BCUT2D eigenvalue weighted by Crippen LogP contribution is -2.43. The average Bonchev–Trinajstić information content (AvgIpc) is 3.13. The van der Waals surface area contributed by atoms with Crippen molar-refractivity contribution >= 4 is 21.7 Å². The second-order valence-corrected chi connectivity index (χ2v) is 7.47. The summed E-state index contributed by atoms with van der Waals surface area (Å²) in [6.45, 7) is 5.53. The van der Waals surface area contributed by atoms with Gasteiger partial charge in [-0.2, -0.15) is 0 Å². The first-order valence-electron chi connectivity index (χ1n) is 9.53. The van der Waals surface area contributed by atoms with Crippen molar-refractivity contribution in [2.45, 2.75) is 6.54 Å². The van der Waals surface area contributed by atoms with Gasteiger partial charge in [0.05, 0.1) is 0 Å². The van der Waals surface area contributed by atoms with E-state index in [1.807, 2.05) is 30.6 Å². The van der Waals surface area contributed by atoms with Gasteiger partial charge in [-0.25, -0.2) is 0 Å². The van der Waals surface area contributed by atoms with Crippen LogP contribution in [-0.4, -0.2) is 48.0 Å². The Balaban J connectivity index is 1.52. The van der Waals surface area contributed by atoms with Gasteiger partial charge in [-0.1, -0.05) is 30.3 Å². The van der Waals surface area contributed by atoms with Gasteiger partial charge in [-0.15, -0.1) is 0 Å². The number of likely N-dealkylation sites (N-methyl/N-ethyl adjacent to an activating group) is 1. The summed E-state index contributed by atoms with van der Waals surface area (Å²) < 4.78 is 6.11. The predicted octanol–water partition coefficient (Wildman–Crippen LogP) is 4.40. The molecule has 5 rings (SSSR count). The lowest BCUT2D eigenvalue weighted by molar-refractivity contribution is 0.148. The van der Waals surface area contributed by atoms with Crippen LogP contribution in [0.3, 0.4) is 0 Å². The number of piperazine rings is 1. The third-order valence-corrected chi connectivity index (χ3v) is 5.52. The highest BCUT2D eigenvalue weighted by Gasteiger charge is 2.15. The zero-order chi connectivity index (χ0) is 18.2. The molecule has 0 atom stereocenters. The number of nitrogens with zero attached hydrogens (tertiary/aromatic N) is 3. The molecule has 1 aliphatic rings. The van der Waals surface area contributed by atoms with Gasteiger partial charge in [0.25, 0.3) is 0 Å². The summed E-state index contributed by atoms with van der Waals surface area (Å²) in [4.78, 5) is 9.36. The van der Waals surface area contributed by atoms with Crippen LogP contribution >= 0.6 is 0 Å². The van der Waals surface area contributed by atoms with Crippen molar-refractivity contribution < 1.29 is 4.42 Å². The minimum absolute atomic E-state index is 0.881. The van der Waals surface area contributed by atoms with E-state index in [0.717, 1.165) is 60.4 Å². The van der Waals surface area contributed by atoms with Crippen LogP contribution in [0.15, 0.2) is 65.3 Å². The maximum atomic E-state index is 6.11. The summed E-state index contributed by atoms with van der Waals surface area (Å²) in [6.07, 6.45) is 3.85. The Morgan fingerprint density at radius 2 is 1.78 bits per heavy atom. The molecule has 0 bridgehead atoms. The van der Waals surface area contributed by atoms with Crippen LogP contribution in [-0.2, 0) is 6.54 Å². The predicted molar refractivity (Wildman–Crippen MR) is 110 cm³/mol. The van der Waals surface area contributed by atoms with E-state index in [1.54, 1.807) is 0 Å². The monoisotopic (exact) mass is 357 g/mol. The lowest BCUT2D eigenvalue weighted by Gasteiger charge is -2.32. The largest absolute Gasteiger partial charge is 0.456 e. The summed E-state index contributed by atoms with van der Waals surface area (Å²) in [6, 6.07) is 17.0. The van der Waals surface area contributed by atoms with E-state index >= 15 is 0 Å². The Morgan fingerprint density at radius 3 is 2.63 bits per heavy atom. The van der Waals surface area contributed by atoms with Gasteiger partial charge in [0.2, 0.25) is 0 Å². The fourth-order valence-electron chi connectivity index (χ4n) is 3.88. The maximum Gasteiger partial charge on any atom is 0.137 e. The smallest absolute Gasteiger partial charge is 0.137 e. The molecule has 0 amide bonds. The molecule has 4 nitrogen and oxygen atoms in total. The molecule has 27 heavy (non-hydrogen) atoms. The summed E-state index contributed by atoms with van der Waals surface area (Å²) in [5, 5.41) is 3.48. The first-order chi connectivity index (χ1) is 13.3. The normalized spacial score (nSPS) is 16.3. The summed E-state index contributed by atoms with van der Waals surface area (Å²) >= 11 is 0. The van der Waals surface area contributed by atoms with Gasteiger partial charge in [0.1, 0.15) is 11.3 Å². The number of furan rings is 1. The summed E-state index contributed by atoms with van der Waals surface area (Å²) in [5.74, 6) is 0.881. The number of pyridine rings is 1. The average molecular weight is 357 g/mol. The maximum absolute atomic E-state index is 6.11. The molecule has 1 fully saturated rings. The van der Waals surface area contributed by atoms with Crippen LogP contribution in [0, 0.1) is 0 Å². The fraction of sp³-hybridized carbons (Fsp3) is 0.261. The van der Waals surface area contributed by atoms with Gasteiger partial charge in [-0.05, 0) is 36.2 Å². The fourth-order valence-corrected chi connectivity index (χ4v) is 3.88. The van der Waals surface area contributed by atoms with Crippen molar-refractivity contribution in [2.24, 2.45) is 0 Å². The Kier molecular flexibility index (Phi) is 4.15. The molecule has 0 unspecified atom stereocenters. The zero-order valence-corrected chi connectivity index (χ0v) is 15.6. The van der Waals surface area contributed by atoms with Crippen molar-refractivity contribution in [3.63, 3.8) is 0 Å². The van der Waals surface area contributed by atoms with Crippen LogP contribution in [0.5, 0.6) is 0 Å². The molecule has 2 aromatic carbocycles. The third kappa shape index (κ3) is 3.22. The minimum atomic E-state index is 0.881. The highest BCUT2D eigenvalue weighted by atomic mass is 16.3. The minimum Gasteiger partial charge on any atom is -0.456 e. The van der Waals surface area contributed by atoms with E-state index in [-0.39, 0.29) is 0 Å². The van der Waals surface area contributed by atoms with E-state index in [9.17, 15) is 0 Å². The molecule has 0 spiro atoms. The first kappa shape index (κ1) is 16.5. The molecule has 0 aliphatic carbocycles. The molecular formula is C23H23N3O. The topological polar surface area (TPSA) is 32.5 Å². The first-order valence-corrected chi connectivity index (χ1v) is 9.53. The summed E-state index contributed by atoms with van der Waals surface area (Å²) in [7, 11) is 2.19. The quantitative estimate of drug-likeness (QED) is 0.544. The van der Waals surface area contributed by atoms with Crippen molar-refractivity contribution in [1.29, 1.82) is 0 Å². The molecule has 4 heteroatoms. The van der Waals surface area contributed by atoms with Crippen LogP contribution in [0.1, 0.15) is 5.56 Å². The van der Waals surface area contributed by atoms with Crippen LogP contribution in [0.2, 0.25) is 0 Å². The Morgan fingerprint density at radius 1 is 0.926 bits per heavy atom. The summed E-state index contributed by atoms with van der Waals surface area (Å²) in [5.41, 5.74) is 3.32. The Bertz CT molecular complexity index is 1060.